The number of sulfonamides is 1. The third-order valence-corrected chi connectivity index (χ3v) is 6.75. The molecule has 1 unspecified atom stereocenters. The minimum Gasteiger partial charge on any atom is -0.354 e. The molecule has 1 N–H and O–H groups in total. The summed E-state index contributed by atoms with van der Waals surface area (Å²) in [5.41, 5.74) is 2.45. The molecule has 0 saturated carbocycles. The summed E-state index contributed by atoms with van der Waals surface area (Å²) < 4.78 is 40.6. The van der Waals surface area contributed by atoms with Crippen molar-refractivity contribution in [2.24, 2.45) is 5.92 Å². The second-order valence-corrected chi connectivity index (χ2v) is 10.9. The first kappa shape index (κ1) is 27.3. The zero-order chi connectivity index (χ0) is 25.6. The average Bonchev–Trinajstić information content (AvgIpc) is 2.75. The van der Waals surface area contributed by atoms with Crippen molar-refractivity contribution in [3.63, 3.8) is 0 Å². The van der Waals surface area contributed by atoms with Crippen molar-refractivity contribution >= 4 is 27.5 Å². The molecule has 2 aromatic rings. The van der Waals surface area contributed by atoms with Crippen LogP contribution in [0, 0.1) is 25.6 Å². The molecule has 0 bridgehead atoms. The highest BCUT2D eigenvalue weighted by Crippen LogP contribution is 2.22. The number of benzene rings is 2. The SMILES string of the molecule is Cc1ccc(N(CC(=O)N(Cc2ccccc2F)C(C)C(=O)NCC(C)C)S(C)(=O)=O)cc1C. The van der Waals surface area contributed by atoms with Crippen molar-refractivity contribution in [1.82, 2.24) is 10.2 Å². The van der Waals surface area contributed by atoms with Crippen LogP contribution in [0.25, 0.3) is 0 Å². The molecule has 2 rings (SSSR count). The molecule has 0 spiro atoms. The van der Waals surface area contributed by atoms with Crippen LogP contribution in [0.4, 0.5) is 10.1 Å². The number of nitrogens with zero attached hydrogens (tertiary/aromatic N) is 2. The van der Waals surface area contributed by atoms with Gasteiger partial charge in [-0.15, -0.1) is 0 Å². The predicted octanol–water partition coefficient (Wildman–Crippen LogP) is 3.40. The molecule has 2 aromatic carbocycles. The maximum Gasteiger partial charge on any atom is 0.244 e. The Kier molecular flexibility index (Phi) is 9.21. The van der Waals surface area contributed by atoms with Gasteiger partial charge in [0, 0.05) is 18.7 Å². The Bertz CT molecular complexity index is 1130. The molecule has 34 heavy (non-hydrogen) atoms. The summed E-state index contributed by atoms with van der Waals surface area (Å²) in [7, 11) is -3.81. The van der Waals surface area contributed by atoms with Crippen molar-refractivity contribution in [3.8, 4) is 0 Å². The number of amides is 2. The molecule has 0 saturated heterocycles. The second-order valence-electron chi connectivity index (χ2n) is 8.97. The molecule has 0 fully saturated rings. The van der Waals surface area contributed by atoms with Crippen molar-refractivity contribution in [1.29, 1.82) is 0 Å². The third kappa shape index (κ3) is 7.28. The number of hydrogen-bond acceptors (Lipinski definition) is 4. The number of hydrogen-bond donors (Lipinski definition) is 1. The van der Waals surface area contributed by atoms with Gasteiger partial charge in [0.15, 0.2) is 0 Å². The number of carbonyl (C=O) groups excluding carboxylic acids is 2. The molecule has 0 aliphatic carbocycles. The fourth-order valence-electron chi connectivity index (χ4n) is 3.34. The fourth-order valence-corrected chi connectivity index (χ4v) is 4.18. The average molecular weight is 492 g/mol. The molecule has 0 aliphatic rings. The number of nitrogens with one attached hydrogen (secondary N) is 1. The Morgan fingerprint density at radius 3 is 2.24 bits per heavy atom. The Morgan fingerprint density at radius 2 is 1.68 bits per heavy atom. The van der Waals surface area contributed by atoms with Gasteiger partial charge in [0.05, 0.1) is 11.9 Å². The van der Waals surface area contributed by atoms with Crippen LogP contribution >= 0.6 is 0 Å². The molecule has 0 aromatic heterocycles. The summed E-state index contributed by atoms with van der Waals surface area (Å²) in [6.07, 6.45) is 1.02. The van der Waals surface area contributed by atoms with Gasteiger partial charge in [-0.2, -0.15) is 0 Å². The summed E-state index contributed by atoms with van der Waals surface area (Å²) in [6.45, 7) is 8.93. The van der Waals surface area contributed by atoms with E-state index >= 15 is 0 Å². The van der Waals surface area contributed by atoms with E-state index in [2.05, 4.69) is 5.32 Å². The highest BCUT2D eigenvalue weighted by molar-refractivity contribution is 7.92. The van der Waals surface area contributed by atoms with E-state index in [9.17, 15) is 22.4 Å². The lowest BCUT2D eigenvalue weighted by molar-refractivity contribution is -0.139. The summed E-state index contributed by atoms with van der Waals surface area (Å²) in [5, 5.41) is 2.79. The van der Waals surface area contributed by atoms with E-state index in [0.717, 1.165) is 21.7 Å². The molecule has 7 nitrogen and oxygen atoms in total. The van der Waals surface area contributed by atoms with Crippen LogP contribution in [0.1, 0.15) is 37.5 Å². The minimum absolute atomic E-state index is 0.174. The molecule has 186 valence electrons. The van der Waals surface area contributed by atoms with E-state index in [1.54, 1.807) is 31.2 Å². The van der Waals surface area contributed by atoms with E-state index in [1.165, 1.54) is 23.1 Å². The molecule has 9 heteroatoms. The topological polar surface area (TPSA) is 86.8 Å². The van der Waals surface area contributed by atoms with Crippen LogP contribution in [-0.2, 0) is 26.2 Å². The van der Waals surface area contributed by atoms with E-state index in [-0.39, 0.29) is 18.0 Å². The second kappa shape index (κ2) is 11.5. The zero-order valence-corrected chi connectivity index (χ0v) is 21.4. The van der Waals surface area contributed by atoms with Gasteiger partial charge in [0.25, 0.3) is 0 Å². The molecule has 2 amide bonds. The number of rotatable bonds is 10. The molecule has 0 radical (unpaired) electrons. The number of anilines is 1. The maximum absolute atomic E-state index is 14.4. The summed E-state index contributed by atoms with van der Waals surface area (Å²) in [4.78, 5) is 27.4. The Balaban J connectivity index is 2.40. The van der Waals surface area contributed by atoms with Gasteiger partial charge in [-0.25, -0.2) is 12.8 Å². The van der Waals surface area contributed by atoms with Gasteiger partial charge in [0.2, 0.25) is 21.8 Å². The number of carbonyl (C=O) groups is 2. The van der Waals surface area contributed by atoms with Crippen molar-refractivity contribution in [3.05, 3.63) is 65.0 Å². The third-order valence-electron chi connectivity index (χ3n) is 5.61. The monoisotopic (exact) mass is 491 g/mol. The Hall–Kier alpha value is -2.94. The van der Waals surface area contributed by atoms with Gasteiger partial charge in [-0.1, -0.05) is 38.1 Å². The van der Waals surface area contributed by atoms with E-state index in [4.69, 9.17) is 0 Å². The van der Waals surface area contributed by atoms with E-state index in [1.807, 2.05) is 27.7 Å². The van der Waals surface area contributed by atoms with Crippen LogP contribution < -0.4 is 9.62 Å². The first-order chi connectivity index (χ1) is 15.8. The number of halogens is 1. The molecule has 0 heterocycles. The molecular weight excluding hydrogens is 457 g/mol. The molecule has 0 aliphatic heterocycles. The predicted molar refractivity (Wildman–Crippen MR) is 132 cm³/mol. The standard InChI is InChI=1S/C25H34FN3O4S/c1-17(2)14-27-25(31)20(5)28(15-21-9-7-8-10-23(21)26)24(30)16-29(34(6,32)33)22-12-11-18(3)19(4)13-22/h7-13,17,20H,14-16H2,1-6H3,(H,27,31). The van der Waals surface area contributed by atoms with E-state index < -0.39 is 40.2 Å². The normalized spacial score (nSPS) is 12.4. The van der Waals surface area contributed by atoms with Crippen molar-refractivity contribution < 1.29 is 22.4 Å². The van der Waals surface area contributed by atoms with Crippen molar-refractivity contribution in [2.45, 2.75) is 47.2 Å². The largest absolute Gasteiger partial charge is 0.354 e. The number of aryl methyl sites for hydroxylation is 2. The van der Waals surface area contributed by atoms with Gasteiger partial charge >= 0.3 is 0 Å². The summed E-state index contributed by atoms with van der Waals surface area (Å²) in [5.74, 6) is -1.31. The minimum atomic E-state index is -3.81. The zero-order valence-electron chi connectivity index (χ0n) is 20.6. The van der Waals surface area contributed by atoms with Crippen LogP contribution in [-0.4, -0.2) is 50.5 Å². The lowest BCUT2D eigenvalue weighted by Crippen LogP contribution is -2.51. The van der Waals surface area contributed by atoms with Crippen LogP contribution in [0.15, 0.2) is 42.5 Å². The van der Waals surface area contributed by atoms with Crippen molar-refractivity contribution in [2.75, 3.05) is 23.7 Å². The van der Waals surface area contributed by atoms with Crippen LogP contribution in [0.5, 0.6) is 0 Å². The smallest absolute Gasteiger partial charge is 0.244 e. The lowest BCUT2D eigenvalue weighted by Gasteiger charge is -2.31. The van der Waals surface area contributed by atoms with Gasteiger partial charge in [-0.3, -0.25) is 13.9 Å². The first-order valence-electron chi connectivity index (χ1n) is 11.2. The lowest BCUT2D eigenvalue weighted by atomic mass is 10.1. The van der Waals surface area contributed by atoms with Gasteiger partial charge in [-0.05, 0) is 56.0 Å². The van der Waals surface area contributed by atoms with Crippen LogP contribution in [0.3, 0.4) is 0 Å². The Labute approximate surface area is 202 Å². The summed E-state index contributed by atoms with van der Waals surface area (Å²) >= 11 is 0. The molecule has 1 atom stereocenters. The maximum atomic E-state index is 14.4. The van der Waals surface area contributed by atoms with Gasteiger partial charge < -0.3 is 10.2 Å². The quantitative estimate of drug-likeness (QED) is 0.552. The first-order valence-corrected chi connectivity index (χ1v) is 13.0. The van der Waals surface area contributed by atoms with Gasteiger partial charge in [0.1, 0.15) is 18.4 Å². The van der Waals surface area contributed by atoms with E-state index in [0.29, 0.717) is 12.2 Å². The highest BCUT2D eigenvalue weighted by Gasteiger charge is 2.30. The highest BCUT2D eigenvalue weighted by atomic mass is 32.2. The molecular formula is C25H34FN3O4S. The van der Waals surface area contributed by atoms with Crippen LogP contribution in [0.2, 0.25) is 0 Å². The fraction of sp³-hybridized carbons (Fsp3) is 0.440. The Morgan fingerprint density at radius 1 is 1.03 bits per heavy atom. The summed E-state index contributed by atoms with van der Waals surface area (Å²) in [6, 6.07) is 10.2.